The Morgan fingerprint density at radius 2 is 2.04 bits per heavy atom. The third kappa shape index (κ3) is 4.31. The number of thiazole rings is 1. The standard InChI is InChI=1S/C20H21FN4OS/c1-13-22-11-18(27-13)14-2-3-15-10-23-19(9-16(15)8-14)24-20(26)12-25-6-4-17(21)5-7-25/h2-3,8-11,17H,4-7,12H2,1H3,(H,23,24,26). The highest BCUT2D eigenvalue weighted by atomic mass is 32.1. The molecular formula is C20H21FN4OS. The van der Waals surface area contributed by atoms with E-state index in [0.717, 1.165) is 26.2 Å². The summed E-state index contributed by atoms with van der Waals surface area (Å²) in [5, 5.41) is 5.93. The van der Waals surface area contributed by atoms with E-state index in [9.17, 15) is 9.18 Å². The predicted molar refractivity (Wildman–Crippen MR) is 107 cm³/mol. The Hall–Kier alpha value is -2.38. The Balaban J connectivity index is 1.48. The van der Waals surface area contributed by atoms with Gasteiger partial charge >= 0.3 is 0 Å². The first kappa shape index (κ1) is 18.0. The van der Waals surface area contributed by atoms with Crippen LogP contribution in [0.4, 0.5) is 10.2 Å². The van der Waals surface area contributed by atoms with E-state index < -0.39 is 6.17 Å². The van der Waals surface area contributed by atoms with Crippen LogP contribution < -0.4 is 5.32 Å². The van der Waals surface area contributed by atoms with Crippen molar-refractivity contribution in [2.45, 2.75) is 25.9 Å². The summed E-state index contributed by atoms with van der Waals surface area (Å²) in [5.74, 6) is 0.416. The molecule has 1 fully saturated rings. The van der Waals surface area contributed by atoms with Crippen molar-refractivity contribution in [2.75, 3.05) is 25.0 Å². The summed E-state index contributed by atoms with van der Waals surface area (Å²) in [4.78, 5) is 24.0. The zero-order valence-corrected chi connectivity index (χ0v) is 15.9. The number of fused-ring (bicyclic) bond motifs is 1. The second kappa shape index (κ2) is 7.70. The van der Waals surface area contributed by atoms with Gasteiger partial charge in [0.05, 0.1) is 16.4 Å². The number of aryl methyl sites for hydroxylation is 1. The first-order chi connectivity index (χ1) is 13.1. The van der Waals surface area contributed by atoms with Crippen LogP contribution in [0.3, 0.4) is 0 Å². The fourth-order valence-corrected chi connectivity index (χ4v) is 4.08. The summed E-state index contributed by atoms with van der Waals surface area (Å²) in [6, 6.07) is 8.06. The number of anilines is 1. The van der Waals surface area contributed by atoms with Gasteiger partial charge in [-0.3, -0.25) is 9.69 Å². The van der Waals surface area contributed by atoms with Crippen molar-refractivity contribution in [3.05, 3.63) is 41.7 Å². The molecule has 0 unspecified atom stereocenters. The fourth-order valence-electron chi connectivity index (χ4n) is 3.30. The van der Waals surface area contributed by atoms with Crippen LogP contribution in [-0.4, -0.2) is 46.6 Å². The number of aromatic nitrogens is 2. The molecule has 1 aliphatic heterocycles. The van der Waals surface area contributed by atoms with Crippen LogP contribution in [0.2, 0.25) is 0 Å². The fraction of sp³-hybridized carbons (Fsp3) is 0.350. The Morgan fingerprint density at radius 1 is 1.22 bits per heavy atom. The van der Waals surface area contributed by atoms with Gasteiger partial charge < -0.3 is 5.32 Å². The number of amides is 1. The molecule has 1 N–H and O–H groups in total. The number of alkyl halides is 1. The lowest BCUT2D eigenvalue weighted by atomic mass is 10.1. The summed E-state index contributed by atoms with van der Waals surface area (Å²) >= 11 is 1.66. The van der Waals surface area contributed by atoms with Gasteiger partial charge in [-0.2, -0.15) is 0 Å². The number of piperidine rings is 1. The van der Waals surface area contributed by atoms with Gasteiger partial charge in [-0.1, -0.05) is 12.1 Å². The largest absolute Gasteiger partial charge is 0.310 e. The van der Waals surface area contributed by atoms with Crippen LogP contribution in [0.1, 0.15) is 17.8 Å². The van der Waals surface area contributed by atoms with E-state index >= 15 is 0 Å². The highest BCUT2D eigenvalue weighted by Gasteiger charge is 2.20. The number of hydrogen-bond donors (Lipinski definition) is 1. The van der Waals surface area contributed by atoms with Gasteiger partial charge in [0.2, 0.25) is 5.91 Å². The highest BCUT2D eigenvalue weighted by molar-refractivity contribution is 7.15. The second-order valence-corrected chi connectivity index (χ2v) is 8.11. The monoisotopic (exact) mass is 384 g/mol. The molecule has 140 valence electrons. The average molecular weight is 384 g/mol. The highest BCUT2D eigenvalue weighted by Crippen LogP contribution is 2.29. The molecule has 27 heavy (non-hydrogen) atoms. The Morgan fingerprint density at radius 3 is 2.78 bits per heavy atom. The number of nitrogens with zero attached hydrogens (tertiary/aromatic N) is 3. The lowest BCUT2D eigenvalue weighted by Gasteiger charge is -2.27. The van der Waals surface area contributed by atoms with Crippen molar-refractivity contribution in [3.8, 4) is 10.4 Å². The van der Waals surface area contributed by atoms with E-state index in [2.05, 4.69) is 27.4 Å². The minimum Gasteiger partial charge on any atom is -0.310 e. The summed E-state index contributed by atoms with van der Waals surface area (Å²) in [6.07, 6.45) is 3.92. The predicted octanol–water partition coefficient (Wildman–Crippen LogP) is 4.04. The third-order valence-electron chi connectivity index (χ3n) is 4.78. The van der Waals surface area contributed by atoms with Gasteiger partial charge in [0, 0.05) is 30.9 Å². The van der Waals surface area contributed by atoms with E-state index in [-0.39, 0.29) is 12.5 Å². The maximum atomic E-state index is 13.2. The molecule has 3 heterocycles. The van der Waals surface area contributed by atoms with Crippen LogP contribution in [0.5, 0.6) is 0 Å². The smallest absolute Gasteiger partial charge is 0.239 e. The summed E-state index contributed by atoms with van der Waals surface area (Å²) in [6.45, 7) is 3.50. The molecule has 4 rings (SSSR count). The Labute approximate surface area is 161 Å². The Kier molecular flexibility index (Phi) is 5.13. The molecule has 1 aromatic carbocycles. The van der Waals surface area contributed by atoms with Crippen LogP contribution in [-0.2, 0) is 4.79 Å². The van der Waals surface area contributed by atoms with E-state index in [1.165, 1.54) is 0 Å². The first-order valence-electron chi connectivity index (χ1n) is 9.06. The maximum Gasteiger partial charge on any atom is 0.239 e. The molecule has 0 spiro atoms. The summed E-state index contributed by atoms with van der Waals surface area (Å²) in [5.41, 5.74) is 1.10. The SMILES string of the molecule is Cc1ncc(-c2ccc3cnc(NC(=O)CN4CCC(F)CC4)cc3c2)s1. The number of halogens is 1. The van der Waals surface area contributed by atoms with Crippen molar-refractivity contribution in [1.29, 1.82) is 0 Å². The molecule has 1 saturated heterocycles. The van der Waals surface area contributed by atoms with E-state index in [0.29, 0.717) is 31.7 Å². The van der Waals surface area contributed by atoms with Gasteiger partial charge in [0.15, 0.2) is 0 Å². The number of benzene rings is 1. The minimum absolute atomic E-state index is 0.117. The van der Waals surface area contributed by atoms with Gasteiger partial charge in [0.1, 0.15) is 12.0 Å². The number of rotatable bonds is 4. The number of likely N-dealkylation sites (tertiary alicyclic amines) is 1. The average Bonchev–Trinajstić information content (AvgIpc) is 3.09. The normalized spacial score (nSPS) is 15.9. The molecule has 0 atom stereocenters. The van der Waals surface area contributed by atoms with Gasteiger partial charge in [-0.15, -0.1) is 11.3 Å². The van der Waals surface area contributed by atoms with Crippen LogP contribution in [0.15, 0.2) is 36.7 Å². The molecule has 0 saturated carbocycles. The Bertz CT molecular complexity index is 966. The van der Waals surface area contributed by atoms with Crippen molar-refractivity contribution >= 4 is 33.8 Å². The molecule has 0 bridgehead atoms. The van der Waals surface area contributed by atoms with Crippen LogP contribution >= 0.6 is 11.3 Å². The van der Waals surface area contributed by atoms with Gasteiger partial charge in [-0.25, -0.2) is 14.4 Å². The zero-order chi connectivity index (χ0) is 18.8. The van der Waals surface area contributed by atoms with E-state index in [1.807, 2.05) is 30.2 Å². The van der Waals surface area contributed by atoms with E-state index in [1.54, 1.807) is 17.5 Å². The third-order valence-corrected chi connectivity index (χ3v) is 5.74. The molecule has 1 amide bonds. The lowest BCUT2D eigenvalue weighted by Crippen LogP contribution is -2.39. The molecular weight excluding hydrogens is 363 g/mol. The lowest BCUT2D eigenvalue weighted by molar-refractivity contribution is -0.117. The van der Waals surface area contributed by atoms with Crippen molar-refractivity contribution in [1.82, 2.24) is 14.9 Å². The first-order valence-corrected chi connectivity index (χ1v) is 9.87. The zero-order valence-electron chi connectivity index (χ0n) is 15.1. The van der Waals surface area contributed by atoms with Crippen molar-refractivity contribution in [2.24, 2.45) is 0 Å². The van der Waals surface area contributed by atoms with Gasteiger partial charge in [0.25, 0.3) is 0 Å². The number of hydrogen-bond acceptors (Lipinski definition) is 5. The molecule has 0 aliphatic carbocycles. The number of pyridine rings is 1. The molecule has 5 nitrogen and oxygen atoms in total. The quantitative estimate of drug-likeness (QED) is 0.738. The van der Waals surface area contributed by atoms with Crippen LogP contribution in [0.25, 0.3) is 21.2 Å². The van der Waals surface area contributed by atoms with E-state index in [4.69, 9.17) is 0 Å². The summed E-state index contributed by atoms with van der Waals surface area (Å²) in [7, 11) is 0. The second-order valence-electron chi connectivity index (χ2n) is 6.87. The molecule has 2 aromatic heterocycles. The number of nitrogens with one attached hydrogen (secondary N) is 1. The molecule has 1 aliphatic rings. The van der Waals surface area contributed by atoms with Crippen molar-refractivity contribution in [3.63, 3.8) is 0 Å². The number of carbonyl (C=O) groups excluding carboxylic acids is 1. The molecule has 3 aromatic rings. The summed E-state index contributed by atoms with van der Waals surface area (Å²) < 4.78 is 13.2. The van der Waals surface area contributed by atoms with Gasteiger partial charge in [-0.05, 0) is 42.8 Å². The maximum absolute atomic E-state index is 13.2. The number of carbonyl (C=O) groups is 1. The van der Waals surface area contributed by atoms with Crippen LogP contribution in [0, 0.1) is 6.92 Å². The molecule has 0 radical (unpaired) electrons. The topological polar surface area (TPSA) is 58.1 Å². The minimum atomic E-state index is -0.733. The van der Waals surface area contributed by atoms with Crippen molar-refractivity contribution < 1.29 is 9.18 Å². The molecule has 7 heteroatoms.